The molecule has 0 fully saturated rings. The van der Waals surface area contributed by atoms with Gasteiger partial charge in [-0.05, 0) is 32.1 Å². The zero-order valence-electron chi connectivity index (χ0n) is 26.1. The molecule has 0 N–H and O–H groups in total. The van der Waals surface area contributed by atoms with Crippen molar-refractivity contribution in [2.75, 3.05) is 0 Å². The van der Waals surface area contributed by atoms with Gasteiger partial charge in [-0.25, -0.2) is 9.13 Å². The smallest absolute Gasteiger partial charge is 0.234 e. The van der Waals surface area contributed by atoms with Crippen LogP contribution in [0.25, 0.3) is 0 Å². The van der Waals surface area contributed by atoms with E-state index in [4.69, 9.17) is 0 Å². The van der Waals surface area contributed by atoms with Crippen molar-refractivity contribution in [2.45, 2.75) is 207 Å². The largest absolute Gasteiger partial charge is 0.256 e. The lowest BCUT2D eigenvalue weighted by atomic mass is 10.1. The second kappa shape index (κ2) is 26.8. The summed E-state index contributed by atoms with van der Waals surface area (Å²) in [6.07, 6.45) is 42.9. The molecule has 2 heteroatoms. The van der Waals surface area contributed by atoms with Crippen molar-refractivity contribution in [1.29, 1.82) is 0 Å². The van der Waals surface area contributed by atoms with Gasteiger partial charge in [-0.15, -0.1) is 0 Å². The molecule has 0 unspecified atom stereocenters. The van der Waals surface area contributed by atoms with Gasteiger partial charge in [0.25, 0.3) is 5.82 Å². The van der Waals surface area contributed by atoms with E-state index in [0.717, 1.165) is 0 Å². The van der Waals surface area contributed by atoms with Gasteiger partial charge in [-0.2, -0.15) is 0 Å². The van der Waals surface area contributed by atoms with Crippen molar-refractivity contribution in [3.63, 3.8) is 0 Å². The maximum atomic E-state index is 2.61. The molecular weight excluding hydrogens is 448 g/mol. The van der Waals surface area contributed by atoms with E-state index in [-0.39, 0.29) is 0 Å². The lowest BCUT2D eigenvalue weighted by Gasteiger charge is -2.07. The van der Waals surface area contributed by atoms with Gasteiger partial charge in [-0.3, -0.25) is 0 Å². The minimum Gasteiger partial charge on any atom is -0.234 e. The van der Waals surface area contributed by atoms with E-state index in [9.17, 15) is 0 Å². The molecule has 0 aliphatic rings. The maximum Gasteiger partial charge on any atom is 0.256 e. The minimum atomic E-state index is 1.23. The molecule has 37 heavy (non-hydrogen) atoms. The third-order valence-electron chi connectivity index (χ3n) is 8.35. The minimum absolute atomic E-state index is 1.23. The van der Waals surface area contributed by atoms with Crippen LogP contribution < -0.4 is 4.57 Å². The van der Waals surface area contributed by atoms with Crippen LogP contribution in [0, 0.1) is 0 Å². The Morgan fingerprint density at radius 2 is 0.838 bits per heavy atom. The normalized spacial score (nSPS) is 11.5. The Balaban J connectivity index is 2.27. The van der Waals surface area contributed by atoms with Crippen molar-refractivity contribution in [1.82, 2.24) is 4.57 Å². The number of hydrogen-bond donors (Lipinski definition) is 0. The molecule has 1 rings (SSSR count). The highest BCUT2D eigenvalue weighted by Crippen LogP contribution is 2.14. The van der Waals surface area contributed by atoms with Crippen LogP contribution in [-0.4, -0.2) is 4.57 Å². The van der Waals surface area contributed by atoms with Gasteiger partial charge in [0.1, 0.15) is 12.4 Å². The Labute approximate surface area is 234 Å². The summed E-state index contributed by atoms with van der Waals surface area (Å²) in [5.41, 5.74) is 0. The summed E-state index contributed by atoms with van der Waals surface area (Å²) in [5.74, 6) is 1.61. The van der Waals surface area contributed by atoms with Gasteiger partial charge < -0.3 is 0 Å². The van der Waals surface area contributed by atoms with E-state index >= 15 is 0 Å². The predicted molar refractivity (Wildman–Crippen MR) is 165 cm³/mol. The topological polar surface area (TPSA) is 8.81 Å². The predicted octanol–water partition coefficient (Wildman–Crippen LogP) is 11.5. The monoisotopic (exact) mass is 518 g/mol. The standard InChI is InChI=1S/C35H69N2/c1-4-7-10-13-15-17-19-21-23-26-29-32-37-34-33-36(35(37)30-27-24-12-9-6-3)31-28-25-22-20-18-16-14-11-8-5-2/h33-34H,4-32H2,1-3H3/q+1. The zero-order valence-corrected chi connectivity index (χ0v) is 26.1. The number of nitrogens with zero attached hydrogens (tertiary/aromatic N) is 2. The van der Waals surface area contributed by atoms with Crippen molar-refractivity contribution < 1.29 is 4.57 Å². The first-order chi connectivity index (χ1) is 18.3. The summed E-state index contributed by atoms with van der Waals surface area (Å²) in [5, 5.41) is 0. The third-order valence-corrected chi connectivity index (χ3v) is 8.35. The Bertz CT molecular complexity index is 576. The molecule has 1 aromatic heterocycles. The quantitative estimate of drug-likeness (QED) is 0.0737. The fourth-order valence-electron chi connectivity index (χ4n) is 5.80. The third kappa shape index (κ3) is 19.9. The van der Waals surface area contributed by atoms with Crippen molar-refractivity contribution in [3.05, 3.63) is 18.2 Å². The number of rotatable bonds is 29. The molecule has 218 valence electrons. The molecule has 0 spiro atoms. The maximum absolute atomic E-state index is 2.61. The molecule has 0 saturated heterocycles. The highest BCUT2D eigenvalue weighted by Gasteiger charge is 2.16. The number of unbranched alkanes of at least 4 members (excludes halogenated alkanes) is 23. The Morgan fingerprint density at radius 1 is 0.459 bits per heavy atom. The molecule has 0 atom stereocenters. The van der Waals surface area contributed by atoms with Crippen molar-refractivity contribution in [2.24, 2.45) is 0 Å². The van der Waals surface area contributed by atoms with Crippen LogP contribution in [0.4, 0.5) is 0 Å². The van der Waals surface area contributed by atoms with Gasteiger partial charge in [0.2, 0.25) is 0 Å². The molecule has 0 amide bonds. The van der Waals surface area contributed by atoms with Crippen LogP contribution in [0.2, 0.25) is 0 Å². The van der Waals surface area contributed by atoms with Crippen LogP contribution in [-0.2, 0) is 19.5 Å². The van der Waals surface area contributed by atoms with Crippen LogP contribution in [0.15, 0.2) is 12.4 Å². The first-order valence-corrected chi connectivity index (χ1v) is 17.4. The number of aromatic nitrogens is 2. The molecule has 0 radical (unpaired) electrons. The Hall–Kier alpha value is -0.790. The number of hydrogen-bond acceptors (Lipinski definition) is 0. The fraction of sp³-hybridized carbons (Fsp3) is 0.914. The molecule has 0 aromatic carbocycles. The van der Waals surface area contributed by atoms with E-state index in [1.165, 1.54) is 186 Å². The number of imidazole rings is 1. The second-order valence-electron chi connectivity index (χ2n) is 12.0. The molecule has 0 aliphatic heterocycles. The van der Waals surface area contributed by atoms with Crippen LogP contribution in [0.3, 0.4) is 0 Å². The molecule has 0 aliphatic carbocycles. The molecule has 1 aromatic rings. The summed E-state index contributed by atoms with van der Waals surface area (Å²) in [7, 11) is 0. The van der Waals surface area contributed by atoms with E-state index in [2.05, 4.69) is 42.3 Å². The first kappa shape index (κ1) is 34.2. The van der Waals surface area contributed by atoms with Gasteiger partial charge in [0.15, 0.2) is 0 Å². The molecule has 1 heterocycles. The number of aryl methyl sites for hydroxylation is 2. The fourth-order valence-corrected chi connectivity index (χ4v) is 5.80. The Morgan fingerprint density at radius 3 is 1.30 bits per heavy atom. The van der Waals surface area contributed by atoms with Gasteiger partial charge in [-0.1, -0.05) is 156 Å². The van der Waals surface area contributed by atoms with Crippen molar-refractivity contribution in [3.8, 4) is 0 Å². The lowest BCUT2D eigenvalue weighted by Crippen LogP contribution is -2.37. The van der Waals surface area contributed by atoms with Gasteiger partial charge in [0, 0.05) is 6.42 Å². The average molecular weight is 518 g/mol. The Kier molecular flexibility index (Phi) is 24.8. The van der Waals surface area contributed by atoms with Crippen LogP contribution in [0.1, 0.15) is 194 Å². The van der Waals surface area contributed by atoms with E-state index in [0.29, 0.717) is 0 Å². The summed E-state index contributed by atoms with van der Waals surface area (Å²) in [6.45, 7) is 9.39. The van der Waals surface area contributed by atoms with E-state index < -0.39 is 0 Å². The van der Waals surface area contributed by atoms with E-state index in [1.807, 2.05) is 0 Å². The average Bonchev–Trinajstić information content (AvgIpc) is 3.29. The lowest BCUT2D eigenvalue weighted by molar-refractivity contribution is -0.704. The molecular formula is C35H69N2+. The molecule has 2 nitrogen and oxygen atoms in total. The molecule has 0 bridgehead atoms. The van der Waals surface area contributed by atoms with Crippen LogP contribution >= 0.6 is 0 Å². The summed E-state index contributed by atoms with van der Waals surface area (Å²) in [4.78, 5) is 0. The van der Waals surface area contributed by atoms with Crippen molar-refractivity contribution >= 4 is 0 Å². The SMILES string of the molecule is CCCCCCCCCCCCC[n+]1ccn(CCCCCCCCCCCC)c1CCCCCCC. The summed E-state index contributed by atoms with van der Waals surface area (Å²) in [6, 6.07) is 0. The summed E-state index contributed by atoms with van der Waals surface area (Å²) < 4.78 is 5.23. The van der Waals surface area contributed by atoms with Crippen LogP contribution in [0.5, 0.6) is 0 Å². The molecule has 0 saturated carbocycles. The highest BCUT2D eigenvalue weighted by atomic mass is 15.1. The second-order valence-corrected chi connectivity index (χ2v) is 12.0. The van der Waals surface area contributed by atoms with Gasteiger partial charge in [0.05, 0.1) is 13.1 Å². The highest BCUT2D eigenvalue weighted by molar-refractivity contribution is 4.84. The first-order valence-electron chi connectivity index (χ1n) is 17.4. The zero-order chi connectivity index (χ0) is 26.7. The van der Waals surface area contributed by atoms with Gasteiger partial charge >= 0.3 is 0 Å². The van der Waals surface area contributed by atoms with E-state index in [1.54, 1.807) is 5.82 Å². The summed E-state index contributed by atoms with van der Waals surface area (Å²) >= 11 is 0.